The first-order valence-electron chi connectivity index (χ1n) is 11.2. The van der Waals surface area contributed by atoms with E-state index in [2.05, 4.69) is 34.6 Å². The molecule has 0 aliphatic heterocycles. The third-order valence-corrected chi connectivity index (χ3v) is 4.93. The molecule has 0 amide bonds. The SMILES string of the molecule is CCCCOc1cc(/C=C/C(=O)c2ccc(O)cc2)cc(OCCCC)c1C(C)(C)C. The molecule has 0 saturated heterocycles. The second kappa shape index (κ2) is 11.6. The van der Waals surface area contributed by atoms with Gasteiger partial charge in [0.15, 0.2) is 5.78 Å². The van der Waals surface area contributed by atoms with Crippen molar-refractivity contribution in [3.8, 4) is 17.2 Å². The maximum absolute atomic E-state index is 12.5. The van der Waals surface area contributed by atoms with Crippen molar-refractivity contribution in [2.75, 3.05) is 13.2 Å². The molecule has 0 spiro atoms. The monoisotopic (exact) mass is 424 g/mol. The Balaban J connectivity index is 2.40. The average molecular weight is 425 g/mol. The van der Waals surface area contributed by atoms with Gasteiger partial charge in [-0.15, -0.1) is 0 Å². The third kappa shape index (κ3) is 7.46. The quantitative estimate of drug-likeness (QED) is 0.241. The molecule has 2 rings (SSSR count). The van der Waals surface area contributed by atoms with Crippen molar-refractivity contribution in [2.24, 2.45) is 0 Å². The minimum atomic E-state index is -0.146. The van der Waals surface area contributed by atoms with E-state index in [4.69, 9.17) is 9.47 Å². The molecular formula is C27H36O4. The minimum absolute atomic E-state index is 0.123. The maximum atomic E-state index is 12.5. The van der Waals surface area contributed by atoms with Crippen molar-refractivity contribution >= 4 is 11.9 Å². The van der Waals surface area contributed by atoms with E-state index in [1.807, 2.05) is 12.1 Å². The number of rotatable bonds is 11. The van der Waals surface area contributed by atoms with Crippen LogP contribution in [0.15, 0.2) is 42.5 Å². The Morgan fingerprint density at radius 1 is 0.935 bits per heavy atom. The van der Waals surface area contributed by atoms with Gasteiger partial charge in [0.1, 0.15) is 17.2 Å². The fraction of sp³-hybridized carbons (Fsp3) is 0.444. The molecule has 31 heavy (non-hydrogen) atoms. The van der Waals surface area contributed by atoms with E-state index in [9.17, 15) is 9.90 Å². The van der Waals surface area contributed by atoms with Crippen molar-refractivity contribution in [3.05, 3.63) is 59.2 Å². The second-order valence-corrected chi connectivity index (χ2v) is 8.79. The molecule has 4 heteroatoms. The summed E-state index contributed by atoms with van der Waals surface area (Å²) in [5.41, 5.74) is 2.30. The molecule has 4 nitrogen and oxygen atoms in total. The number of unbranched alkanes of at least 4 members (excludes halogenated alkanes) is 2. The number of aromatic hydroxyl groups is 1. The van der Waals surface area contributed by atoms with Crippen LogP contribution in [0.1, 0.15) is 81.8 Å². The van der Waals surface area contributed by atoms with E-state index in [0.29, 0.717) is 18.8 Å². The van der Waals surface area contributed by atoms with Crippen molar-refractivity contribution in [1.82, 2.24) is 0 Å². The molecule has 0 saturated carbocycles. The predicted octanol–water partition coefficient (Wildman–Crippen LogP) is 6.94. The van der Waals surface area contributed by atoms with Gasteiger partial charge < -0.3 is 14.6 Å². The Hall–Kier alpha value is -2.75. The molecule has 0 aliphatic rings. The lowest BCUT2D eigenvalue weighted by Crippen LogP contribution is -2.17. The van der Waals surface area contributed by atoms with Gasteiger partial charge in [-0.25, -0.2) is 0 Å². The van der Waals surface area contributed by atoms with Crippen LogP contribution in [0.2, 0.25) is 0 Å². The Labute approximate surface area is 186 Å². The molecule has 2 aromatic carbocycles. The highest BCUT2D eigenvalue weighted by Crippen LogP contribution is 2.40. The number of ether oxygens (including phenoxy) is 2. The zero-order valence-electron chi connectivity index (χ0n) is 19.5. The molecule has 0 fully saturated rings. The van der Waals surface area contributed by atoms with Crippen LogP contribution in [0.25, 0.3) is 6.08 Å². The van der Waals surface area contributed by atoms with E-state index in [1.54, 1.807) is 24.3 Å². The second-order valence-electron chi connectivity index (χ2n) is 8.79. The summed E-state index contributed by atoms with van der Waals surface area (Å²) >= 11 is 0. The van der Waals surface area contributed by atoms with Crippen molar-refractivity contribution in [2.45, 2.75) is 65.7 Å². The number of ketones is 1. The predicted molar refractivity (Wildman–Crippen MR) is 127 cm³/mol. The number of carbonyl (C=O) groups is 1. The van der Waals surface area contributed by atoms with Gasteiger partial charge in [-0.3, -0.25) is 4.79 Å². The van der Waals surface area contributed by atoms with E-state index in [0.717, 1.165) is 48.3 Å². The summed E-state index contributed by atoms with van der Waals surface area (Å²) in [4.78, 5) is 12.5. The lowest BCUT2D eigenvalue weighted by Gasteiger charge is -2.26. The molecule has 2 aromatic rings. The van der Waals surface area contributed by atoms with Crippen LogP contribution in [0.4, 0.5) is 0 Å². The average Bonchev–Trinajstić information content (AvgIpc) is 2.72. The highest BCUT2D eigenvalue weighted by atomic mass is 16.5. The number of phenolic OH excluding ortho intramolecular Hbond substituents is 1. The Morgan fingerprint density at radius 2 is 1.45 bits per heavy atom. The summed E-state index contributed by atoms with van der Waals surface area (Å²) in [6.07, 6.45) is 7.42. The van der Waals surface area contributed by atoms with Gasteiger partial charge in [-0.2, -0.15) is 0 Å². The minimum Gasteiger partial charge on any atom is -0.508 e. The Kier molecular flexibility index (Phi) is 9.17. The topological polar surface area (TPSA) is 55.8 Å². The molecule has 0 aliphatic carbocycles. The number of phenols is 1. The first-order chi connectivity index (χ1) is 14.8. The number of allylic oxidation sites excluding steroid dienone is 1. The van der Waals surface area contributed by atoms with Crippen LogP contribution in [0.3, 0.4) is 0 Å². The lowest BCUT2D eigenvalue weighted by atomic mass is 9.84. The van der Waals surface area contributed by atoms with Gasteiger partial charge in [0.25, 0.3) is 0 Å². The van der Waals surface area contributed by atoms with Crippen molar-refractivity contribution < 1.29 is 19.4 Å². The molecule has 0 unspecified atom stereocenters. The largest absolute Gasteiger partial charge is 0.508 e. The molecule has 0 bridgehead atoms. The highest BCUT2D eigenvalue weighted by molar-refractivity contribution is 6.06. The molecule has 1 N–H and O–H groups in total. The van der Waals surface area contributed by atoms with E-state index >= 15 is 0 Å². The van der Waals surface area contributed by atoms with Crippen LogP contribution in [0.5, 0.6) is 17.2 Å². The molecule has 168 valence electrons. The Bertz CT molecular complexity index is 842. The third-order valence-electron chi connectivity index (χ3n) is 4.93. The first-order valence-corrected chi connectivity index (χ1v) is 11.2. The van der Waals surface area contributed by atoms with Gasteiger partial charge in [0.05, 0.1) is 13.2 Å². The van der Waals surface area contributed by atoms with Gasteiger partial charge in [-0.1, -0.05) is 53.5 Å². The normalized spacial score (nSPS) is 11.6. The van der Waals surface area contributed by atoms with Gasteiger partial charge in [-0.05, 0) is 66.3 Å². The summed E-state index contributed by atoms with van der Waals surface area (Å²) < 4.78 is 12.3. The molecular weight excluding hydrogens is 388 g/mol. The van der Waals surface area contributed by atoms with E-state index < -0.39 is 0 Å². The zero-order chi connectivity index (χ0) is 22.9. The molecule has 0 heterocycles. The Morgan fingerprint density at radius 3 is 1.90 bits per heavy atom. The van der Waals surface area contributed by atoms with Crippen LogP contribution in [0, 0.1) is 0 Å². The molecule has 0 radical (unpaired) electrons. The number of benzene rings is 2. The highest BCUT2D eigenvalue weighted by Gasteiger charge is 2.25. The standard InChI is InChI=1S/C27H36O4/c1-6-8-16-30-24-18-20(10-15-23(29)21-11-13-22(28)14-12-21)19-25(31-17-9-7-2)26(24)27(3,4)5/h10-15,18-19,28H,6-9,16-17H2,1-5H3/b15-10+. The zero-order valence-corrected chi connectivity index (χ0v) is 19.5. The number of hydrogen-bond donors (Lipinski definition) is 1. The number of carbonyl (C=O) groups excluding carboxylic acids is 1. The van der Waals surface area contributed by atoms with Crippen LogP contribution in [-0.4, -0.2) is 24.1 Å². The van der Waals surface area contributed by atoms with Crippen molar-refractivity contribution in [1.29, 1.82) is 0 Å². The smallest absolute Gasteiger partial charge is 0.185 e. The fourth-order valence-corrected chi connectivity index (χ4v) is 3.22. The fourth-order valence-electron chi connectivity index (χ4n) is 3.22. The van der Waals surface area contributed by atoms with Gasteiger partial charge >= 0.3 is 0 Å². The summed E-state index contributed by atoms with van der Waals surface area (Å²) in [6, 6.07) is 10.2. The maximum Gasteiger partial charge on any atom is 0.185 e. The van der Waals surface area contributed by atoms with E-state index in [-0.39, 0.29) is 16.9 Å². The van der Waals surface area contributed by atoms with Crippen molar-refractivity contribution in [3.63, 3.8) is 0 Å². The molecule has 0 atom stereocenters. The first kappa shape index (κ1) is 24.5. The van der Waals surface area contributed by atoms with Crippen LogP contribution < -0.4 is 9.47 Å². The van der Waals surface area contributed by atoms with Crippen LogP contribution in [-0.2, 0) is 5.41 Å². The van der Waals surface area contributed by atoms with Gasteiger partial charge in [0.2, 0.25) is 0 Å². The summed E-state index contributed by atoms with van der Waals surface area (Å²) in [7, 11) is 0. The lowest BCUT2D eigenvalue weighted by molar-refractivity contribution is 0.104. The van der Waals surface area contributed by atoms with Gasteiger partial charge in [0, 0.05) is 11.1 Å². The number of hydrogen-bond acceptors (Lipinski definition) is 4. The summed E-state index contributed by atoms with van der Waals surface area (Å²) in [6.45, 7) is 12.0. The molecule has 0 aromatic heterocycles. The summed E-state index contributed by atoms with van der Waals surface area (Å²) in [5.74, 6) is 1.64. The van der Waals surface area contributed by atoms with Crippen LogP contribution >= 0.6 is 0 Å². The summed E-state index contributed by atoms with van der Waals surface area (Å²) in [5, 5.41) is 9.42. The van der Waals surface area contributed by atoms with E-state index in [1.165, 1.54) is 12.1 Å².